The molecule has 1 aliphatic carbocycles. The van der Waals surface area contributed by atoms with Crippen molar-refractivity contribution in [3.8, 4) is 0 Å². The molecule has 150 valence electrons. The van der Waals surface area contributed by atoms with E-state index < -0.39 is 23.3 Å². The summed E-state index contributed by atoms with van der Waals surface area (Å²) in [6.07, 6.45) is -1.34. The molecule has 0 aromatic rings. The van der Waals surface area contributed by atoms with Crippen LogP contribution in [-0.4, -0.2) is 54.9 Å². The lowest BCUT2D eigenvalue weighted by Gasteiger charge is -2.48. The van der Waals surface area contributed by atoms with E-state index in [1.807, 2.05) is 0 Å². The number of hydrogen-bond acceptors (Lipinski definition) is 6. The van der Waals surface area contributed by atoms with Gasteiger partial charge in [0.15, 0.2) is 11.6 Å². The van der Waals surface area contributed by atoms with Crippen molar-refractivity contribution in [2.45, 2.75) is 45.1 Å². The molecule has 9 heteroatoms. The minimum Gasteiger partial charge on any atom is -0.370 e. The molecule has 1 atom stereocenters. The van der Waals surface area contributed by atoms with E-state index in [-0.39, 0.29) is 24.3 Å². The van der Waals surface area contributed by atoms with Gasteiger partial charge in [-0.15, -0.1) is 5.11 Å². The number of dihydropyridines is 1. The highest BCUT2D eigenvalue weighted by Crippen LogP contribution is 2.58. The van der Waals surface area contributed by atoms with Gasteiger partial charge in [-0.3, -0.25) is 9.59 Å². The molecule has 0 saturated carbocycles. The first-order chi connectivity index (χ1) is 13.1. The fourth-order valence-electron chi connectivity index (χ4n) is 5.50. The Morgan fingerprint density at radius 2 is 2.04 bits per heavy atom. The molecule has 4 heterocycles. The zero-order valence-electron chi connectivity index (χ0n) is 15.8. The number of rotatable bonds is 1. The molecule has 0 aromatic heterocycles. The fourth-order valence-corrected chi connectivity index (χ4v) is 5.50. The third-order valence-corrected chi connectivity index (χ3v) is 6.59. The molecule has 2 fully saturated rings. The van der Waals surface area contributed by atoms with Gasteiger partial charge in [0.05, 0.1) is 31.7 Å². The van der Waals surface area contributed by atoms with Crippen molar-refractivity contribution in [3.05, 3.63) is 22.7 Å². The van der Waals surface area contributed by atoms with Crippen LogP contribution in [0.3, 0.4) is 0 Å². The summed E-state index contributed by atoms with van der Waals surface area (Å²) in [4.78, 5) is 25.9. The lowest BCUT2D eigenvalue weighted by molar-refractivity contribution is -0.168. The van der Waals surface area contributed by atoms with Gasteiger partial charge in [-0.25, -0.2) is 0 Å². The first kappa shape index (κ1) is 17.9. The Kier molecular flexibility index (Phi) is 3.49. The molecule has 0 radical (unpaired) electrons. The maximum atomic E-state index is 13.2. The molecular weight excluding hydrogens is 370 g/mol. The zero-order chi connectivity index (χ0) is 19.9. The monoisotopic (exact) mass is 392 g/mol. The van der Waals surface area contributed by atoms with E-state index in [1.54, 1.807) is 0 Å². The second-order valence-corrected chi connectivity index (χ2v) is 9.37. The molecule has 2 spiro atoms. The number of carbonyl (C=O) groups excluding carboxylic acids is 2. The average Bonchev–Trinajstić information content (AvgIpc) is 3.17. The Morgan fingerprint density at radius 3 is 2.75 bits per heavy atom. The SMILES string of the molecule is CC1(C)CC(=O)C2=C(C1)NC1=C(CN=N1)C21COC2(CN(C(=O)C(F)F)C2)C1. The smallest absolute Gasteiger partial charge is 0.315 e. The number of halogens is 2. The van der Waals surface area contributed by atoms with Crippen molar-refractivity contribution in [2.24, 2.45) is 21.1 Å². The summed E-state index contributed by atoms with van der Waals surface area (Å²) in [6, 6.07) is 0. The third kappa shape index (κ3) is 2.34. The number of nitrogens with zero attached hydrogens (tertiary/aromatic N) is 3. The third-order valence-electron chi connectivity index (χ3n) is 6.59. The minimum atomic E-state index is -3.01. The van der Waals surface area contributed by atoms with Crippen LogP contribution in [-0.2, 0) is 14.3 Å². The summed E-state index contributed by atoms with van der Waals surface area (Å²) >= 11 is 0. The number of amides is 1. The Balaban J connectivity index is 1.50. The van der Waals surface area contributed by atoms with Gasteiger partial charge < -0.3 is 15.0 Å². The van der Waals surface area contributed by atoms with Crippen LogP contribution in [0.25, 0.3) is 0 Å². The van der Waals surface area contributed by atoms with Crippen LogP contribution in [0.15, 0.2) is 32.9 Å². The van der Waals surface area contributed by atoms with Gasteiger partial charge in [0.1, 0.15) is 5.60 Å². The van der Waals surface area contributed by atoms with Gasteiger partial charge in [0, 0.05) is 23.3 Å². The van der Waals surface area contributed by atoms with Crippen LogP contribution < -0.4 is 5.32 Å². The summed E-state index contributed by atoms with van der Waals surface area (Å²) in [6.45, 7) is 5.08. The second kappa shape index (κ2) is 5.46. The number of allylic oxidation sites excluding steroid dienone is 1. The predicted octanol–water partition coefficient (Wildman–Crippen LogP) is 2.16. The average molecular weight is 392 g/mol. The van der Waals surface area contributed by atoms with E-state index >= 15 is 0 Å². The summed E-state index contributed by atoms with van der Waals surface area (Å²) in [7, 11) is 0. The standard InChI is InChI=1S/C19H22F2N4O3/c1-17(2)3-11-13(12(26)4-17)19(10-5-22-24-15(10)23-11)6-18(28-9-19)7-25(8-18)16(27)14(20)21/h14,23H,3-9H2,1-2H3. The van der Waals surface area contributed by atoms with Gasteiger partial charge >= 0.3 is 6.43 Å². The molecule has 0 bridgehead atoms. The van der Waals surface area contributed by atoms with E-state index in [1.165, 1.54) is 0 Å². The zero-order valence-corrected chi connectivity index (χ0v) is 15.8. The molecule has 1 amide bonds. The molecule has 4 aliphatic heterocycles. The van der Waals surface area contributed by atoms with Crippen molar-refractivity contribution in [3.63, 3.8) is 0 Å². The first-order valence-electron chi connectivity index (χ1n) is 9.51. The van der Waals surface area contributed by atoms with Gasteiger partial charge in [0.25, 0.3) is 5.91 Å². The molecule has 0 aromatic carbocycles. The summed E-state index contributed by atoms with van der Waals surface area (Å²) in [5, 5.41) is 11.7. The number of azo groups is 1. The fraction of sp³-hybridized carbons (Fsp3) is 0.684. The lowest BCUT2D eigenvalue weighted by Crippen LogP contribution is -2.64. The molecule has 2 saturated heterocycles. The Labute approximate surface area is 160 Å². The highest BCUT2D eigenvalue weighted by molar-refractivity contribution is 6.00. The lowest BCUT2D eigenvalue weighted by atomic mass is 9.61. The van der Waals surface area contributed by atoms with Gasteiger partial charge in [-0.2, -0.15) is 13.9 Å². The number of fused-ring (bicyclic) bond motifs is 2. The van der Waals surface area contributed by atoms with Crippen molar-refractivity contribution in [1.29, 1.82) is 0 Å². The number of ketones is 1. The molecule has 28 heavy (non-hydrogen) atoms. The normalized spacial score (nSPS) is 32.2. The quantitative estimate of drug-likeness (QED) is 0.741. The number of nitrogens with one attached hydrogen (secondary N) is 1. The van der Waals surface area contributed by atoms with Crippen LogP contribution in [0.2, 0.25) is 0 Å². The Hall–Kier alpha value is -2.16. The number of Topliss-reactive ketones (excluding diaryl/α,β-unsaturated/α-hetero) is 1. The predicted molar refractivity (Wildman–Crippen MR) is 93.2 cm³/mol. The molecule has 1 N–H and O–H groups in total. The molecule has 5 rings (SSSR count). The molecule has 5 aliphatic rings. The van der Waals surface area contributed by atoms with Gasteiger partial charge in [-0.1, -0.05) is 13.8 Å². The van der Waals surface area contributed by atoms with E-state index in [2.05, 4.69) is 29.4 Å². The van der Waals surface area contributed by atoms with Gasteiger partial charge in [0.2, 0.25) is 0 Å². The maximum absolute atomic E-state index is 13.2. The largest absolute Gasteiger partial charge is 0.370 e. The highest BCUT2D eigenvalue weighted by atomic mass is 19.3. The van der Waals surface area contributed by atoms with Crippen LogP contribution in [0.4, 0.5) is 8.78 Å². The summed E-state index contributed by atoms with van der Waals surface area (Å²) < 4.78 is 31.6. The van der Waals surface area contributed by atoms with E-state index in [0.29, 0.717) is 31.8 Å². The van der Waals surface area contributed by atoms with Crippen molar-refractivity contribution >= 4 is 11.7 Å². The number of alkyl halides is 2. The Bertz CT molecular complexity index is 886. The number of hydrogen-bond donors (Lipinski definition) is 1. The first-order valence-corrected chi connectivity index (χ1v) is 9.51. The molecule has 7 nitrogen and oxygen atoms in total. The topological polar surface area (TPSA) is 83.4 Å². The van der Waals surface area contributed by atoms with Crippen molar-refractivity contribution in [1.82, 2.24) is 10.2 Å². The van der Waals surface area contributed by atoms with E-state index in [0.717, 1.165) is 28.2 Å². The van der Waals surface area contributed by atoms with Crippen molar-refractivity contribution in [2.75, 3.05) is 26.2 Å². The van der Waals surface area contributed by atoms with Crippen LogP contribution in [0.5, 0.6) is 0 Å². The van der Waals surface area contributed by atoms with Crippen LogP contribution in [0, 0.1) is 10.8 Å². The number of likely N-dealkylation sites (tertiary alicyclic amines) is 1. The van der Waals surface area contributed by atoms with Crippen LogP contribution >= 0.6 is 0 Å². The van der Waals surface area contributed by atoms with Crippen LogP contribution in [0.1, 0.15) is 33.1 Å². The molecular formula is C19H22F2N4O3. The number of ether oxygens (including phenoxy) is 1. The van der Waals surface area contributed by atoms with Crippen molar-refractivity contribution < 1.29 is 23.1 Å². The summed E-state index contributed by atoms with van der Waals surface area (Å²) in [5.41, 5.74) is 1.09. The summed E-state index contributed by atoms with van der Waals surface area (Å²) in [5.74, 6) is -0.385. The van der Waals surface area contributed by atoms with E-state index in [9.17, 15) is 18.4 Å². The maximum Gasteiger partial charge on any atom is 0.315 e. The second-order valence-electron chi connectivity index (χ2n) is 9.37. The molecule has 1 unspecified atom stereocenters. The minimum absolute atomic E-state index is 0.0951. The number of carbonyl (C=O) groups is 2. The van der Waals surface area contributed by atoms with E-state index in [4.69, 9.17) is 4.74 Å². The Morgan fingerprint density at radius 1 is 1.29 bits per heavy atom. The highest BCUT2D eigenvalue weighted by Gasteiger charge is 2.63. The van der Waals surface area contributed by atoms with Gasteiger partial charge in [-0.05, 0) is 18.3 Å².